The minimum atomic E-state index is -0.0116. The molecule has 0 aliphatic rings. The molecule has 0 saturated heterocycles. The molecule has 3 N–H and O–H groups in total. The predicted molar refractivity (Wildman–Crippen MR) is 61.5 cm³/mol. The van der Waals surface area contributed by atoms with Gasteiger partial charge in [0.2, 0.25) is 5.91 Å². The summed E-state index contributed by atoms with van der Waals surface area (Å²) in [7, 11) is 0. The first-order chi connectivity index (χ1) is 7.13. The first kappa shape index (κ1) is 12.1. The van der Waals surface area contributed by atoms with Crippen LogP contribution in [-0.2, 0) is 4.79 Å². The number of nitrogens with zero attached hydrogens (tertiary/aromatic N) is 1. The lowest BCUT2D eigenvalue weighted by atomic mass is 10.1. The van der Waals surface area contributed by atoms with Crippen LogP contribution in [-0.4, -0.2) is 17.4 Å². The van der Waals surface area contributed by atoms with Crippen molar-refractivity contribution in [3.63, 3.8) is 0 Å². The fraction of sp³-hybridized carbons (Fsp3) is 0.600. The molecule has 0 aliphatic carbocycles. The van der Waals surface area contributed by atoms with Gasteiger partial charge in [0.25, 0.3) is 0 Å². The van der Waals surface area contributed by atoms with Gasteiger partial charge in [0, 0.05) is 18.0 Å². The van der Waals surface area contributed by atoms with E-state index >= 15 is 0 Å². The van der Waals surface area contributed by atoms with Crippen LogP contribution in [0.3, 0.4) is 0 Å². The van der Waals surface area contributed by atoms with Crippen LogP contribution in [0.5, 0.6) is 0 Å². The summed E-state index contributed by atoms with van der Waals surface area (Å²) in [5, 5.41) is 5.74. The molecule has 1 amide bonds. The van der Waals surface area contributed by atoms with Gasteiger partial charge in [-0.1, -0.05) is 6.92 Å². The molecule has 0 spiro atoms. The van der Waals surface area contributed by atoms with E-state index in [1.54, 1.807) is 17.5 Å². The third-order valence-corrected chi connectivity index (χ3v) is 3.09. The fourth-order valence-electron chi connectivity index (χ4n) is 1.21. The van der Waals surface area contributed by atoms with Crippen molar-refractivity contribution in [2.45, 2.75) is 26.3 Å². The number of hydrogen-bond donors (Lipinski definition) is 2. The van der Waals surface area contributed by atoms with Gasteiger partial charge in [0.05, 0.1) is 6.04 Å². The Hall–Kier alpha value is -0.940. The molecule has 0 aliphatic heterocycles. The SMILES string of the molecule is CC(CN)CC(=O)NC(C)c1nccs1. The lowest BCUT2D eigenvalue weighted by molar-refractivity contribution is -0.122. The van der Waals surface area contributed by atoms with Gasteiger partial charge in [0.1, 0.15) is 5.01 Å². The largest absolute Gasteiger partial charge is 0.347 e. The molecule has 1 heterocycles. The number of hydrogen-bond acceptors (Lipinski definition) is 4. The Balaban J connectivity index is 2.38. The molecule has 0 aromatic carbocycles. The minimum Gasteiger partial charge on any atom is -0.347 e. The summed E-state index contributed by atoms with van der Waals surface area (Å²) in [5.74, 6) is 0.268. The highest BCUT2D eigenvalue weighted by atomic mass is 32.1. The van der Waals surface area contributed by atoms with Crippen LogP contribution in [0.4, 0.5) is 0 Å². The highest BCUT2D eigenvalue weighted by Gasteiger charge is 2.13. The average molecular weight is 227 g/mol. The Morgan fingerprint density at radius 1 is 1.67 bits per heavy atom. The highest BCUT2D eigenvalue weighted by Crippen LogP contribution is 2.15. The Kier molecular flexibility index (Phi) is 4.71. The number of nitrogens with one attached hydrogen (secondary N) is 1. The number of aromatic nitrogens is 1. The van der Waals surface area contributed by atoms with E-state index in [4.69, 9.17) is 5.73 Å². The molecule has 1 aromatic heterocycles. The molecule has 0 radical (unpaired) electrons. The van der Waals surface area contributed by atoms with Crippen molar-refractivity contribution < 1.29 is 4.79 Å². The van der Waals surface area contributed by atoms with Crippen molar-refractivity contribution in [3.05, 3.63) is 16.6 Å². The Morgan fingerprint density at radius 3 is 2.93 bits per heavy atom. The predicted octanol–water partition coefficient (Wildman–Crippen LogP) is 1.31. The van der Waals surface area contributed by atoms with E-state index in [1.807, 2.05) is 19.2 Å². The van der Waals surface area contributed by atoms with Gasteiger partial charge in [0.15, 0.2) is 0 Å². The zero-order chi connectivity index (χ0) is 11.3. The molecule has 5 heteroatoms. The van der Waals surface area contributed by atoms with Gasteiger partial charge in [-0.15, -0.1) is 11.3 Å². The van der Waals surface area contributed by atoms with Crippen LogP contribution >= 0.6 is 11.3 Å². The molecule has 15 heavy (non-hydrogen) atoms. The smallest absolute Gasteiger partial charge is 0.220 e. The number of rotatable bonds is 5. The molecular formula is C10H17N3OS. The maximum absolute atomic E-state index is 11.5. The van der Waals surface area contributed by atoms with Crippen LogP contribution in [0.1, 0.15) is 31.3 Å². The zero-order valence-corrected chi connectivity index (χ0v) is 9.88. The van der Waals surface area contributed by atoms with Crippen molar-refractivity contribution in [1.82, 2.24) is 10.3 Å². The summed E-state index contributed by atoms with van der Waals surface area (Å²) in [6, 6.07) is -0.0116. The van der Waals surface area contributed by atoms with Crippen LogP contribution in [0.2, 0.25) is 0 Å². The van der Waals surface area contributed by atoms with E-state index in [-0.39, 0.29) is 17.9 Å². The van der Waals surface area contributed by atoms with Gasteiger partial charge in [-0.25, -0.2) is 4.98 Å². The van der Waals surface area contributed by atoms with E-state index in [2.05, 4.69) is 10.3 Å². The molecule has 1 aromatic rings. The van der Waals surface area contributed by atoms with Crippen molar-refractivity contribution in [3.8, 4) is 0 Å². The average Bonchev–Trinajstić information content (AvgIpc) is 2.70. The van der Waals surface area contributed by atoms with E-state index in [1.165, 1.54) is 0 Å². The molecule has 0 bridgehead atoms. The number of nitrogens with two attached hydrogens (primary N) is 1. The second-order valence-corrected chi connectivity index (χ2v) is 4.63. The number of carbonyl (C=O) groups is 1. The Bertz CT molecular complexity index is 300. The Labute approximate surface area is 93.9 Å². The van der Waals surface area contributed by atoms with Crippen molar-refractivity contribution in [1.29, 1.82) is 0 Å². The molecule has 2 unspecified atom stereocenters. The number of amides is 1. The topological polar surface area (TPSA) is 68.0 Å². The summed E-state index contributed by atoms with van der Waals surface area (Å²) in [6.07, 6.45) is 2.22. The second-order valence-electron chi connectivity index (χ2n) is 3.70. The lowest BCUT2D eigenvalue weighted by Crippen LogP contribution is -2.29. The number of carbonyl (C=O) groups excluding carboxylic acids is 1. The summed E-state index contributed by atoms with van der Waals surface area (Å²) in [5.41, 5.74) is 5.46. The van der Waals surface area contributed by atoms with Crippen molar-refractivity contribution in [2.75, 3.05) is 6.54 Å². The van der Waals surface area contributed by atoms with E-state index in [0.717, 1.165) is 5.01 Å². The number of thiazole rings is 1. The van der Waals surface area contributed by atoms with Gasteiger partial charge in [-0.3, -0.25) is 4.79 Å². The lowest BCUT2D eigenvalue weighted by Gasteiger charge is -2.13. The van der Waals surface area contributed by atoms with E-state index < -0.39 is 0 Å². The fourth-order valence-corrected chi connectivity index (χ4v) is 1.86. The van der Waals surface area contributed by atoms with E-state index in [9.17, 15) is 4.79 Å². The quantitative estimate of drug-likeness (QED) is 0.797. The van der Waals surface area contributed by atoms with E-state index in [0.29, 0.717) is 13.0 Å². The molecular weight excluding hydrogens is 210 g/mol. The van der Waals surface area contributed by atoms with Gasteiger partial charge < -0.3 is 11.1 Å². The van der Waals surface area contributed by atoms with Gasteiger partial charge in [-0.2, -0.15) is 0 Å². The van der Waals surface area contributed by atoms with Crippen LogP contribution in [0.15, 0.2) is 11.6 Å². The second kappa shape index (κ2) is 5.82. The monoisotopic (exact) mass is 227 g/mol. The molecule has 1 rings (SSSR count). The molecule has 84 valence electrons. The molecule has 0 fully saturated rings. The molecule has 4 nitrogen and oxygen atoms in total. The standard InChI is InChI=1S/C10H17N3OS/c1-7(6-11)5-9(14)13-8(2)10-12-3-4-15-10/h3-4,7-8H,5-6,11H2,1-2H3,(H,13,14). The normalized spacial score (nSPS) is 14.6. The van der Waals surface area contributed by atoms with Crippen molar-refractivity contribution >= 4 is 17.2 Å². The highest BCUT2D eigenvalue weighted by molar-refractivity contribution is 7.09. The third kappa shape index (κ3) is 3.97. The van der Waals surface area contributed by atoms with Crippen LogP contribution < -0.4 is 11.1 Å². The van der Waals surface area contributed by atoms with Crippen LogP contribution in [0.25, 0.3) is 0 Å². The minimum absolute atomic E-state index is 0.0116. The first-order valence-electron chi connectivity index (χ1n) is 5.02. The van der Waals surface area contributed by atoms with Crippen LogP contribution in [0, 0.1) is 5.92 Å². The van der Waals surface area contributed by atoms with Crippen molar-refractivity contribution in [2.24, 2.45) is 11.7 Å². The zero-order valence-electron chi connectivity index (χ0n) is 9.06. The molecule has 2 atom stereocenters. The summed E-state index contributed by atoms with van der Waals surface area (Å²) in [6.45, 7) is 4.44. The maximum atomic E-state index is 11.5. The maximum Gasteiger partial charge on any atom is 0.220 e. The first-order valence-corrected chi connectivity index (χ1v) is 5.90. The van der Waals surface area contributed by atoms with Gasteiger partial charge >= 0.3 is 0 Å². The summed E-state index contributed by atoms with van der Waals surface area (Å²) in [4.78, 5) is 15.7. The Morgan fingerprint density at radius 2 is 2.40 bits per heavy atom. The molecule has 0 saturated carbocycles. The third-order valence-electron chi connectivity index (χ3n) is 2.14. The summed E-state index contributed by atoms with van der Waals surface area (Å²) < 4.78 is 0. The summed E-state index contributed by atoms with van der Waals surface area (Å²) >= 11 is 1.55. The van der Waals surface area contributed by atoms with Gasteiger partial charge in [-0.05, 0) is 19.4 Å².